The van der Waals surface area contributed by atoms with E-state index in [1.807, 2.05) is 7.05 Å². The van der Waals surface area contributed by atoms with Crippen LogP contribution >= 0.6 is 0 Å². The molecule has 76 valence electrons. The van der Waals surface area contributed by atoms with Gasteiger partial charge in [0.15, 0.2) is 0 Å². The van der Waals surface area contributed by atoms with Gasteiger partial charge in [0, 0.05) is 18.7 Å². The van der Waals surface area contributed by atoms with E-state index in [1.165, 1.54) is 0 Å². The van der Waals surface area contributed by atoms with Crippen LogP contribution in [0.25, 0.3) is 0 Å². The van der Waals surface area contributed by atoms with E-state index in [9.17, 15) is 4.79 Å². The third-order valence-electron chi connectivity index (χ3n) is 3.67. The summed E-state index contributed by atoms with van der Waals surface area (Å²) in [5.41, 5.74) is 0.990. The second-order valence-electron chi connectivity index (χ2n) is 4.54. The first-order valence-electron chi connectivity index (χ1n) is 5.18. The van der Waals surface area contributed by atoms with Gasteiger partial charge < -0.3 is 4.90 Å². The molecule has 0 spiro atoms. The Morgan fingerprint density at radius 1 is 1.21 bits per heavy atom. The highest BCUT2D eigenvalue weighted by Gasteiger charge is 2.47. The SMILES string of the molecule is C=C1[C@H]2C(C)C=CC(C)[C@H]2C(=O)N1C. The van der Waals surface area contributed by atoms with Crippen molar-refractivity contribution in [2.75, 3.05) is 7.05 Å². The van der Waals surface area contributed by atoms with Gasteiger partial charge in [-0.15, -0.1) is 0 Å². The molecule has 4 atom stereocenters. The van der Waals surface area contributed by atoms with E-state index >= 15 is 0 Å². The lowest BCUT2D eigenvalue weighted by Gasteiger charge is -2.29. The molecule has 0 aromatic rings. The van der Waals surface area contributed by atoms with Crippen molar-refractivity contribution in [1.29, 1.82) is 0 Å². The second kappa shape index (κ2) is 2.97. The van der Waals surface area contributed by atoms with Gasteiger partial charge in [-0.05, 0) is 11.8 Å². The van der Waals surface area contributed by atoms with Crippen LogP contribution in [-0.4, -0.2) is 17.9 Å². The van der Waals surface area contributed by atoms with E-state index in [-0.39, 0.29) is 11.8 Å². The first kappa shape index (κ1) is 9.50. The van der Waals surface area contributed by atoms with Crippen molar-refractivity contribution < 1.29 is 4.79 Å². The Morgan fingerprint density at radius 3 is 2.21 bits per heavy atom. The molecule has 2 nitrogen and oxygen atoms in total. The fraction of sp³-hybridized carbons (Fsp3) is 0.583. The number of nitrogens with zero attached hydrogens (tertiary/aromatic N) is 1. The number of hydrogen-bond donors (Lipinski definition) is 0. The zero-order valence-electron chi connectivity index (χ0n) is 9.03. The fourth-order valence-corrected chi connectivity index (χ4v) is 2.72. The first-order chi connectivity index (χ1) is 6.54. The van der Waals surface area contributed by atoms with Gasteiger partial charge in [-0.3, -0.25) is 4.79 Å². The third kappa shape index (κ3) is 1.06. The van der Waals surface area contributed by atoms with Crippen LogP contribution in [0.1, 0.15) is 13.8 Å². The third-order valence-corrected chi connectivity index (χ3v) is 3.67. The monoisotopic (exact) mass is 191 g/mol. The van der Waals surface area contributed by atoms with E-state index in [0.717, 1.165) is 5.70 Å². The van der Waals surface area contributed by atoms with Crippen molar-refractivity contribution in [3.05, 3.63) is 24.4 Å². The lowest BCUT2D eigenvalue weighted by atomic mass is 9.72. The highest BCUT2D eigenvalue weighted by molar-refractivity contribution is 5.85. The molecule has 1 aliphatic carbocycles. The minimum Gasteiger partial charge on any atom is -0.319 e. The maximum atomic E-state index is 11.9. The fourth-order valence-electron chi connectivity index (χ4n) is 2.72. The Labute approximate surface area is 85.3 Å². The Kier molecular flexibility index (Phi) is 2.02. The number of amides is 1. The van der Waals surface area contributed by atoms with Gasteiger partial charge in [-0.1, -0.05) is 32.6 Å². The molecular weight excluding hydrogens is 174 g/mol. The van der Waals surface area contributed by atoms with Crippen molar-refractivity contribution in [1.82, 2.24) is 4.90 Å². The Morgan fingerprint density at radius 2 is 1.71 bits per heavy atom. The van der Waals surface area contributed by atoms with Crippen molar-refractivity contribution >= 4 is 5.91 Å². The highest BCUT2D eigenvalue weighted by atomic mass is 16.2. The molecule has 1 fully saturated rings. The molecular formula is C12H17NO. The smallest absolute Gasteiger partial charge is 0.230 e. The van der Waals surface area contributed by atoms with Crippen LogP contribution in [0.15, 0.2) is 24.4 Å². The van der Waals surface area contributed by atoms with Crippen LogP contribution in [0.2, 0.25) is 0 Å². The summed E-state index contributed by atoms with van der Waals surface area (Å²) in [6.07, 6.45) is 4.37. The van der Waals surface area contributed by atoms with E-state index in [1.54, 1.807) is 4.90 Å². The summed E-state index contributed by atoms with van der Waals surface area (Å²) < 4.78 is 0. The standard InChI is InChI=1S/C12H17NO/c1-7-5-6-8(2)11-10(7)9(3)13(4)12(11)14/h5-8,10-11H,3H2,1-2,4H3/t7?,8?,10-,11-/m1/s1. The molecule has 2 rings (SSSR count). The molecule has 0 N–H and O–H groups in total. The minimum absolute atomic E-state index is 0.132. The summed E-state index contributed by atoms with van der Waals surface area (Å²) in [6.45, 7) is 8.31. The molecule has 0 aromatic carbocycles. The van der Waals surface area contributed by atoms with E-state index in [4.69, 9.17) is 0 Å². The topological polar surface area (TPSA) is 20.3 Å². The van der Waals surface area contributed by atoms with E-state index < -0.39 is 0 Å². The molecule has 0 saturated carbocycles. The first-order valence-corrected chi connectivity index (χ1v) is 5.18. The molecule has 1 heterocycles. The van der Waals surface area contributed by atoms with Gasteiger partial charge in [0.25, 0.3) is 0 Å². The second-order valence-corrected chi connectivity index (χ2v) is 4.54. The van der Waals surface area contributed by atoms with Crippen molar-refractivity contribution in [3.8, 4) is 0 Å². The van der Waals surface area contributed by atoms with Crippen LogP contribution in [0.5, 0.6) is 0 Å². The zero-order valence-corrected chi connectivity index (χ0v) is 9.03. The van der Waals surface area contributed by atoms with E-state index in [2.05, 4.69) is 32.6 Å². The summed E-state index contributed by atoms with van der Waals surface area (Å²) in [7, 11) is 1.84. The summed E-state index contributed by atoms with van der Waals surface area (Å²) >= 11 is 0. The molecule has 0 bridgehead atoms. The zero-order chi connectivity index (χ0) is 10.5. The summed E-state index contributed by atoms with van der Waals surface area (Å²) in [6, 6.07) is 0. The van der Waals surface area contributed by atoms with Gasteiger partial charge in [0.05, 0.1) is 5.92 Å². The van der Waals surface area contributed by atoms with Gasteiger partial charge in [-0.25, -0.2) is 0 Å². The number of hydrogen-bond acceptors (Lipinski definition) is 1. The summed E-state index contributed by atoms with van der Waals surface area (Å²) in [5.74, 6) is 1.49. The molecule has 0 aromatic heterocycles. The van der Waals surface area contributed by atoms with Gasteiger partial charge in [0.2, 0.25) is 5.91 Å². The van der Waals surface area contributed by atoms with Crippen LogP contribution < -0.4 is 0 Å². The molecule has 2 unspecified atom stereocenters. The molecule has 0 radical (unpaired) electrons. The van der Waals surface area contributed by atoms with E-state index in [0.29, 0.717) is 17.8 Å². The number of carbonyl (C=O) groups is 1. The average Bonchev–Trinajstić information content (AvgIpc) is 2.38. The predicted octanol–water partition coefficient (Wildman–Crippen LogP) is 2.05. The molecule has 2 heteroatoms. The minimum atomic E-state index is 0.132. The normalized spacial score (nSPS) is 41.8. The molecule has 2 aliphatic rings. The summed E-state index contributed by atoms with van der Waals surface area (Å²) in [4.78, 5) is 13.7. The van der Waals surface area contributed by atoms with Gasteiger partial charge in [-0.2, -0.15) is 0 Å². The van der Waals surface area contributed by atoms with Crippen LogP contribution in [-0.2, 0) is 4.79 Å². The van der Waals surface area contributed by atoms with Crippen LogP contribution in [0.4, 0.5) is 0 Å². The van der Waals surface area contributed by atoms with Crippen LogP contribution in [0, 0.1) is 23.7 Å². The lowest BCUT2D eigenvalue weighted by Crippen LogP contribution is -2.30. The molecule has 14 heavy (non-hydrogen) atoms. The van der Waals surface area contributed by atoms with Crippen molar-refractivity contribution in [3.63, 3.8) is 0 Å². The number of carbonyl (C=O) groups excluding carboxylic acids is 1. The maximum Gasteiger partial charge on any atom is 0.230 e. The molecule has 1 amide bonds. The number of fused-ring (bicyclic) bond motifs is 1. The van der Waals surface area contributed by atoms with Crippen molar-refractivity contribution in [2.24, 2.45) is 23.7 Å². The quantitative estimate of drug-likeness (QED) is 0.537. The average molecular weight is 191 g/mol. The molecule has 1 aliphatic heterocycles. The van der Waals surface area contributed by atoms with Gasteiger partial charge in [0.1, 0.15) is 0 Å². The summed E-state index contributed by atoms with van der Waals surface area (Å²) in [5, 5.41) is 0. The maximum absolute atomic E-state index is 11.9. The van der Waals surface area contributed by atoms with Crippen molar-refractivity contribution in [2.45, 2.75) is 13.8 Å². The lowest BCUT2D eigenvalue weighted by molar-refractivity contribution is -0.130. The number of rotatable bonds is 0. The molecule has 1 saturated heterocycles. The highest BCUT2D eigenvalue weighted by Crippen LogP contribution is 2.44. The Bertz CT molecular complexity index is 288. The number of allylic oxidation sites excluding steroid dienone is 3. The number of likely N-dealkylation sites (tertiary alicyclic amines) is 1. The Hall–Kier alpha value is -1.05. The predicted molar refractivity (Wildman–Crippen MR) is 56.4 cm³/mol. The van der Waals surface area contributed by atoms with Gasteiger partial charge >= 0.3 is 0 Å². The largest absolute Gasteiger partial charge is 0.319 e. The Balaban J connectivity index is 2.41. The van der Waals surface area contributed by atoms with Crippen LogP contribution in [0.3, 0.4) is 0 Å².